The topological polar surface area (TPSA) is 46.5 Å². The highest BCUT2D eigenvalue weighted by Crippen LogP contribution is 2.19. The van der Waals surface area contributed by atoms with E-state index in [1.54, 1.807) is 21.0 Å². The second-order valence-corrected chi connectivity index (χ2v) is 4.21. The number of carboxylic acids is 1. The van der Waals surface area contributed by atoms with E-state index in [2.05, 4.69) is 18.2 Å². The average Bonchev–Trinajstić information content (AvgIpc) is 2.38. The van der Waals surface area contributed by atoms with Gasteiger partial charge in [0, 0.05) is 0 Å². The molecule has 18 heavy (non-hydrogen) atoms. The van der Waals surface area contributed by atoms with Gasteiger partial charge in [-0.3, -0.25) is 4.79 Å². The minimum atomic E-state index is -0.741. The van der Waals surface area contributed by atoms with Gasteiger partial charge in [-0.25, -0.2) is 0 Å². The second kappa shape index (κ2) is 6.64. The number of carbonyl (C=O) groups is 1. The van der Waals surface area contributed by atoms with Gasteiger partial charge in [-0.15, -0.1) is 0 Å². The lowest BCUT2D eigenvalue weighted by molar-refractivity contribution is -0.140. The van der Waals surface area contributed by atoms with Gasteiger partial charge in [0.1, 0.15) is 5.75 Å². The summed E-state index contributed by atoms with van der Waals surface area (Å²) in [5.41, 5.74) is 0. The molecule has 0 aliphatic rings. The minimum Gasteiger partial charge on any atom is -0.497 e. The largest absolute Gasteiger partial charge is 0.497 e. The Morgan fingerprint density at radius 2 is 1.67 bits per heavy atom. The Morgan fingerprint density at radius 3 is 2.17 bits per heavy atom. The lowest BCUT2D eigenvalue weighted by Crippen LogP contribution is -2.03. The molecule has 0 fully saturated rings. The zero-order chi connectivity index (χ0) is 13.5. The summed E-state index contributed by atoms with van der Waals surface area (Å²) in [6.07, 6.45) is 0. The summed E-state index contributed by atoms with van der Waals surface area (Å²) < 4.78 is 5.12. The predicted molar refractivity (Wildman–Crippen MR) is 73.0 cm³/mol. The molecule has 3 heteroatoms. The van der Waals surface area contributed by atoms with E-state index in [9.17, 15) is 4.79 Å². The molecule has 2 rings (SSSR count). The Balaban J connectivity index is 0.000000232. The third kappa shape index (κ3) is 4.09. The highest BCUT2D eigenvalue weighted by atomic mass is 16.5. The molecular weight excluding hydrogens is 228 g/mol. The lowest BCUT2D eigenvalue weighted by atomic mass is 10.1. The summed E-state index contributed by atoms with van der Waals surface area (Å²) in [4.78, 5) is 9.70. The fourth-order valence-electron chi connectivity index (χ4n) is 1.29. The monoisotopic (exact) mass is 246 g/mol. The summed E-state index contributed by atoms with van der Waals surface area (Å²) in [6, 6.07) is 14.3. The maximum Gasteiger partial charge on any atom is 0.305 e. The number of ether oxygens (including phenoxy) is 1. The lowest BCUT2D eigenvalue weighted by Gasteiger charge is -2.00. The molecule has 96 valence electrons. The SMILES string of the molecule is CC(C)C(=O)O.COc1ccc2ccccc2c1. The van der Waals surface area contributed by atoms with E-state index in [1.807, 2.05) is 24.3 Å². The Kier molecular flexibility index (Phi) is 5.18. The van der Waals surface area contributed by atoms with Crippen LogP contribution in [0, 0.1) is 5.92 Å². The summed E-state index contributed by atoms with van der Waals surface area (Å²) in [5.74, 6) is -0.0614. The molecule has 0 atom stereocenters. The fraction of sp³-hybridized carbons (Fsp3) is 0.267. The van der Waals surface area contributed by atoms with E-state index in [0.29, 0.717) is 0 Å². The first kappa shape index (κ1) is 14.0. The van der Waals surface area contributed by atoms with Crippen molar-refractivity contribution in [3.8, 4) is 5.75 Å². The molecule has 0 aliphatic carbocycles. The highest BCUT2D eigenvalue weighted by Gasteiger charge is 1.99. The molecule has 0 saturated heterocycles. The van der Waals surface area contributed by atoms with Crippen LogP contribution in [0.2, 0.25) is 0 Å². The van der Waals surface area contributed by atoms with Gasteiger partial charge < -0.3 is 9.84 Å². The first-order valence-corrected chi connectivity index (χ1v) is 5.80. The molecule has 1 N–H and O–H groups in total. The molecule has 0 aliphatic heterocycles. The third-order valence-electron chi connectivity index (χ3n) is 2.45. The molecule has 0 amide bonds. The van der Waals surface area contributed by atoms with Crippen LogP contribution in [0.5, 0.6) is 5.75 Å². The zero-order valence-electron chi connectivity index (χ0n) is 10.9. The highest BCUT2D eigenvalue weighted by molar-refractivity contribution is 5.83. The molecule has 2 aromatic rings. The second-order valence-electron chi connectivity index (χ2n) is 4.21. The molecule has 2 aromatic carbocycles. The number of hydrogen-bond donors (Lipinski definition) is 1. The van der Waals surface area contributed by atoms with Gasteiger partial charge in [0.15, 0.2) is 0 Å². The number of methoxy groups -OCH3 is 1. The number of carboxylic acid groups (broad SMARTS) is 1. The summed E-state index contributed by atoms with van der Waals surface area (Å²) in [7, 11) is 1.68. The van der Waals surface area contributed by atoms with E-state index in [0.717, 1.165) is 5.75 Å². The van der Waals surface area contributed by atoms with E-state index >= 15 is 0 Å². The molecule has 3 nitrogen and oxygen atoms in total. The van der Waals surface area contributed by atoms with Crippen LogP contribution < -0.4 is 4.74 Å². The number of aliphatic carboxylic acids is 1. The van der Waals surface area contributed by atoms with Gasteiger partial charge in [0.2, 0.25) is 0 Å². The van der Waals surface area contributed by atoms with E-state index < -0.39 is 5.97 Å². The molecule has 0 unspecified atom stereocenters. The van der Waals surface area contributed by atoms with Crippen molar-refractivity contribution in [2.24, 2.45) is 5.92 Å². The van der Waals surface area contributed by atoms with Gasteiger partial charge in [-0.05, 0) is 22.9 Å². The summed E-state index contributed by atoms with van der Waals surface area (Å²) in [6.45, 7) is 3.28. The van der Waals surface area contributed by atoms with Crippen molar-refractivity contribution in [1.29, 1.82) is 0 Å². The van der Waals surface area contributed by atoms with Crippen LogP contribution in [0.1, 0.15) is 13.8 Å². The molecule has 0 saturated carbocycles. The molecule has 0 radical (unpaired) electrons. The number of benzene rings is 2. The molecular formula is C15H18O3. The number of fused-ring (bicyclic) bond motifs is 1. The third-order valence-corrected chi connectivity index (χ3v) is 2.45. The maximum absolute atomic E-state index is 9.70. The normalized spacial score (nSPS) is 9.78. The molecule has 0 spiro atoms. The first-order chi connectivity index (χ1) is 8.54. The van der Waals surface area contributed by atoms with Crippen molar-refractivity contribution >= 4 is 16.7 Å². The smallest absolute Gasteiger partial charge is 0.305 e. The number of hydrogen-bond acceptors (Lipinski definition) is 2. The van der Waals surface area contributed by atoms with E-state index in [4.69, 9.17) is 9.84 Å². The Labute approximate surface area is 107 Å². The van der Waals surface area contributed by atoms with Crippen molar-refractivity contribution < 1.29 is 14.6 Å². The van der Waals surface area contributed by atoms with Crippen LogP contribution in [0.15, 0.2) is 42.5 Å². The van der Waals surface area contributed by atoms with Crippen molar-refractivity contribution in [3.05, 3.63) is 42.5 Å². The maximum atomic E-state index is 9.70. The molecule has 0 heterocycles. The minimum absolute atomic E-state index is 0.231. The Bertz CT molecular complexity index is 518. The standard InChI is InChI=1S/C11H10O.C4H8O2/c1-12-11-7-6-9-4-2-3-5-10(9)8-11;1-3(2)4(5)6/h2-8H,1H3;3H,1-2H3,(H,5,6). The van der Waals surface area contributed by atoms with Crippen molar-refractivity contribution in [3.63, 3.8) is 0 Å². The van der Waals surface area contributed by atoms with Crippen LogP contribution in [0.4, 0.5) is 0 Å². The van der Waals surface area contributed by atoms with E-state index in [1.165, 1.54) is 10.8 Å². The summed E-state index contributed by atoms with van der Waals surface area (Å²) in [5, 5.41) is 10.5. The summed E-state index contributed by atoms with van der Waals surface area (Å²) >= 11 is 0. The quantitative estimate of drug-likeness (QED) is 0.881. The van der Waals surface area contributed by atoms with Gasteiger partial charge in [-0.2, -0.15) is 0 Å². The van der Waals surface area contributed by atoms with Crippen molar-refractivity contribution in [2.75, 3.05) is 7.11 Å². The fourth-order valence-corrected chi connectivity index (χ4v) is 1.29. The average molecular weight is 246 g/mol. The van der Waals surface area contributed by atoms with Crippen LogP contribution in [-0.4, -0.2) is 18.2 Å². The van der Waals surface area contributed by atoms with Gasteiger partial charge >= 0.3 is 5.97 Å². The number of rotatable bonds is 2. The van der Waals surface area contributed by atoms with Crippen LogP contribution >= 0.6 is 0 Å². The van der Waals surface area contributed by atoms with Crippen LogP contribution in [-0.2, 0) is 4.79 Å². The van der Waals surface area contributed by atoms with Gasteiger partial charge in [0.25, 0.3) is 0 Å². The van der Waals surface area contributed by atoms with Crippen molar-refractivity contribution in [1.82, 2.24) is 0 Å². The molecule has 0 aromatic heterocycles. The Hall–Kier alpha value is -2.03. The zero-order valence-corrected chi connectivity index (χ0v) is 10.9. The first-order valence-electron chi connectivity index (χ1n) is 5.80. The van der Waals surface area contributed by atoms with Crippen LogP contribution in [0.3, 0.4) is 0 Å². The molecule has 0 bridgehead atoms. The Morgan fingerprint density at radius 1 is 1.11 bits per heavy atom. The van der Waals surface area contributed by atoms with Gasteiger partial charge in [0.05, 0.1) is 13.0 Å². The van der Waals surface area contributed by atoms with Crippen molar-refractivity contribution in [2.45, 2.75) is 13.8 Å². The van der Waals surface area contributed by atoms with Crippen LogP contribution in [0.25, 0.3) is 10.8 Å². The van der Waals surface area contributed by atoms with E-state index in [-0.39, 0.29) is 5.92 Å². The predicted octanol–water partition coefficient (Wildman–Crippen LogP) is 3.58. The van der Waals surface area contributed by atoms with Gasteiger partial charge in [-0.1, -0.05) is 44.2 Å².